The van der Waals surface area contributed by atoms with E-state index in [1.807, 2.05) is 20.8 Å². The first-order valence-corrected chi connectivity index (χ1v) is 6.83. The molecule has 2 aromatic rings. The minimum atomic E-state index is 0.0246. The van der Waals surface area contributed by atoms with Crippen LogP contribution in [0, 0.1) is 0 Å². The highest BCUT2D eigenvalue weighted by atomic mass is 16.5. The highest BCUT2D eigenvalue weighted by molar-refractivity contribution is 5.28. The van der Waals surface area contributed by atoms with Gasteiger partial charge in [0, 0.05) is 18.7 Å². The molecule has 0 unspecified atom stereocenters. The van der Waals surface area contributed by atoms with Gasteiger partial charge < -0.3 is 19.5 Å². The second-order valence-electron chi connectivity index (χ2n) is 4.44. The zero-order chi connectivity index (χ0) is 15.9. The SMILES string of the molecule is CCNc1nc(OC)nc(Oc2ccc(OC(C)C)nn2)n1. The molecule has 0 saturated carbocycles. The molecule has 9 nitrogen and oxygen atoms in total. The van der Waals surface area contributed by atoms with E-state index in [0.717, 1.165) is 0 Å². The summed E-state index contributed by atoms with van der Waals surface area (Å²) >= 11 is 0. The Hall–Kier alpha value is -2.71. The lowest BCUT2D eigenvalue weighted by molar-refractivity contribution is 0.228. The summed E-state index contributed by atoms with van der Waals surface area (Å²) in [7, 11) is 1.46. The van der Waals surface area contributed by atoms with Crippen LogP contribution >= 0.6 is 0 Å². The van der Waals surface area contributed by atoms with E-state index < -0.39 is 0 Å². The Morgan fingerprint density at radius 3 is 2.32 bits per heavy atom. The summed E-state index contributed by atoms with van der Waals surface area (Å²) in [5.41, 5.74) is 0. The first-order chi connectivity index (χ1) is 10.6. The lowest BCUT2D eigenvalue weighted by atomic mass is 10.5. The molecule has 9 heteroatoms. The van der Waals surface area contributed by atoms with E-state index >= 15 is 0 Å². The van der Waals surface area contributed by atoms with Gasteiger partial charge in [-0.1, -0.05) is 0 Å². The van der Waals surface area contributed by atoms with Crippen LogP contribution in [0.1, 0.15) is 20.8 Å². The Bertz CT molecular complexity index is 605. The van der Waals surface area contributed by atoms with Crippen molar-refractivity contribution in [3.05, 3.63) is 12.1 Å². The Morgan fingerprint density at radius 1 is 1.05 bits per heavy atom. The van der Waals surface area contributed by atoms with Gasteiger partial charge in [0.15, 0.2) is 0 Å². The molecule has 2 aromatic heterocycles. The minimum absolute atomic E-state index is 0.0246. The Kier molecular flexibility index (Phi) is 5.23. The molecule has 0 aliphatic carbocycles. The van der Waals surface area contributed by atoms with Crippen LogP contribution < -0.4 is 19.5 Å². The quantitative estimate of drug-likeness (QED) is 0.817. The number of aromatic nitrogens is 5. The molecular formula is C13H18N6O3. The third-order valence-electron chi connectivity index (χ3n) is 2.28. The van der Waals surface area contributed by atoms with Gasteiger partial charge in [-0.3, -0.25) is 0 Å². The lowest BCUT2D eigenvalue weighted by Gasteiger charge is -2.09. The van der Waals surface area contributed by atoms with Crippen molar-refractivity contribution in [2.24, 2.45) is 0 Å². The maximum absolute atomic E-state index is 5.46. The standard InChI is InChI=1S/C13H18N6O3/c1-5-14-11-15-12(20-4)17-13(16-11)22-10-7-6-9(18-19-10)21-8(2)3/h6-8H,5H2,1-4H3,(H,14,15,16,17). The second-order valence-corrected chi connectivity index (χ2v) is 4.44. The summed E-state index contributed by atoms with van der Waals surface area (Å²) in [5, 5.41) is 10.8. The van der Waals surface area contributed by atoms with Crippen LogP contribution in [0.15, 0.2) is 12.1 Å². The number of ether oxygens (including phenoxy) is 3. The zero-order valence-corrected chi connectivity index (χ0v) is 12.9. The molecule has 0 saturated heterocycles. The monoisotopic (exact) mass is 306 g/mol. The summed E-state index contributed by atoms with van der Waals surface area (Å²) in [4.78, 5) is 12.1. The maximum atomic E-state index is 5.46. The lowest BCUT2D eigenvalue weighted by Crippen LogP contribution is -2.08. The minimum Gasteiger partial charge on any atom is -0.474 e. The molecule has 2 heterocycles. The molecule has 0 aromatic carbocycles. The van der Waals surface area contributed by atoms with Gasteiger partial charge in [0.2, 0.25) is 17.7 Å². The van der Waals surface area contributed by atoms with E-state index in [9.17, 15) is 0 Å². The molecule has 1 N–H and O–H groups in total. The van der Waals surface area contributed by atoms with Gasteiger partial charge in [0.25, 0.3) is 0 Å². The number of rotatable bonds is 7. The molecular weight excluding hydrogens is 288 g/mol. The number of hydrogen-bond donors (Lipinski definition) is 1. The van der Waals surface area contributed by atoms with Gasteiger partial charge in [-0.2, -0.15) is 9.97 Å². The molecule has 118 valence electrons. The van der Waals surface area contributed by atoms with Crippen molar-refractivity contribution in [1.29, 1.82) is 0 Å². The molecule has 0 amide bonds. The van der Waals surface area contributed by atoms with Crippen LogP contribution in [0.5, 0.6) is 23.8 Å². The average Bonchev–Trinajstić information content (AvgIpc) is 2.49. The summed E-state index contributed by atoms with van der Waals surface area (Å²) in [6, 6.07) is 3.49. The Morgan fingerprint density at radius 2 is 1.73 bits per heavy atom. The first kappa shape index (κ1) is 15.7. The fourth-order valence-electron chi connectivity index (χ4n) is 1.47. The van der Waals surface area contributed by atoms with Crippen LogP contribution in [-0.2, 0) is 0 Å². The van der Waals surface area contributed by atoms with Crippen LogP contribution in [0.3, 0.4) is 0 Å². The van der Waals surface area contributed by atoms with Crippen molar-refractivity contribution in [2.45, 2.75) is 26.9 Å². The molecule has 2 rings (SSSR count). The Balaban J connectivity index is 2.13. The zero-order valence-electron chi connectivity index (χ0n) is 12.9. The molecule has 0 aliphatic rings. The molecule has 0 bridgehead atoms. The van der Waals surface area contributed by atoms with Gasteiger partial charge in [-0.05, 0) is 20.8 Å². The molecule has 0 atom stereocenters. The van der Waals surface area contributed by atoms with Crippen molar-refractivity contribution in [3.63, 3.8) is 0 Å². The van der Waals surface area contributed by atoms with E-state index in [0.29, 0.717) is 18.4 Å². The van der Waals surface area contributed by atoms with E-state index in [4.69, 9.17) is 14.2 Å². The number of hydrogen-bond acceptors (Lipinski definition) is 9. The molecule has 22 heavy (non-hydrogen) atoms. The largest absolute Gasteiger partial charge is 0.474 e. The van der Waals surface area contributed by atoms with Gasteiger partial charge >= 0.3 is 12.0 Å². The average molecular weight is 306 g/mol. The van der Waals surface area contributed by atoms with Gasteiger partial charge in [-0.25, -0.2) is 0 Å². The van der Waals surface area contributed by atoms with Crippen LogP contribution in [0.4, 0.5) is 5.95 Å². The Labute approximate surface area is 128 Å². The third-order valence-corrected chi connectivity index (χ3v) is 2.28. The van der Waals surface area contributed by atoms with Gasteiger partial charge in [0.1, 0.15) is 0 Å². The summed E-state index contributed by atoms with van der Waals surface area (Å²) < 4.78 is 15.9. The third kappa shape index (κ3) is 4.40. The van der Waals surface area contributed by atoms with Crippen molar-refractivity contribution in [1.82, 2.24) is 25.1 Å². The smallest absolute Gasteiger partial charge is 0.331 e. The van der Waals surface area contributed by atoms with Gasteiger partial charge in [0.05, 0.1) is 13.2 Å². The number of nitrogens with one attached hydrogen (secondary N) is 1. The van der Waals surface area contributed by atoms with Crippen LogP contribution in [-0.4, -0.2) is 44.9 Å². The van der Waals surface area contributed by atoms with E-state index in [1.165, 1.54) is 7.11 Å². The molecule has 0 aliphatic heterocycles. The fraction of sp³-hybridized carbons (Fsp3) is 0.462. The van der Waals surface area contributed by atoms with Crippen LogP contribution in [0.25, 0.3) is 0 Å². The molecule has 0 radical (unpaired) electrons. The number of methoxy groups -OCH3 is 1. The normalized spacial score (nSPS) is 10.4. The van der Waals surface area contributed by atoms with Crippen molar-refractivity contribution < 1.29 is 14.2 Å². The van der Waals surface area contributed by atoms with Crippen molar-refractivity contribution in [3.8, 4) is 23.8 Å². The fourth-order valence-corrected chi connectivity index (χ4v) is 1.47. The number of nitrogens with zero attached hydrogens (tertiary/aromatic N) is 5. The second kappa shape index (κ2) is 7.34. The highest BCUT2D eigenvalue weighted by Gasteiger charge is 2.10. The van der Waals surface area contributed by atoms with Crippen LogP contribution in [0.2, 0.25) is 0 Å². The highest BCUT2D eigenvalue weighted by Crippen LogP contribution is 2.19. The van der Waals surface area contributed by atoms with E-state index in [1.54, 1.807) is 12.1 Å². The summed E-state index contributed by atoms with van der Waals surface area (Å²) in [5.74, 6) is 1.02. The molecule has 0 fully saturated rings. The van der Waals surface area contributed by atoms with Crippen molar-refractivity contribution in [2.75, 3.05) is 19.0 Å². The summed E-state index contributed by atoms with van der Waals surface area (Å²) in [6.45, 7) is 6.40. The predicted octanol–water partition coefficient (Wildman–Crippen LogP) is 1.68. The first-order valence-electron chi connectivity index (χ1n) is 6.83. The number of anilines is 1. The van der Waals surface area contributed by atoms with Gasteiger partial charge in [-0.15, -0.1) is 15.2 Å². The summed E-state index contributed by atoms with van der Waals surface area (Å²) in [6.07, 6.45) is 0.0246. The van der Waals surface area contributed by atoms with E-state index in [-0.39, 0.29) is 24.0 Å². The maximum Gasteiger partial charge on any atom is 0.331 e. The van der Waals surface area contributed by atoms with E-state index in [2.05, 4.69) is 30.5 Å². The predicted molar refractivity (Wildman–Crippen MR) is 78.4 cm³/mol. The molecule has 0 spiro atoms. The topological polar surface area (TPSA) is 104 Å². The van der Waals surface area contributed by atoms with Crippen molar-refractivity contribution >= 4 is 5.95 Å².